The molecular formula is C18H19NO6. The molecule has 2 N–H and O–H groups in total. The van der Waals surface area contributed by atoms with E-state index in [1.54, 1.807) is 6.07 Å². The van der Waals surface area contributed by atoms with Crippen molar-refractivity contribution in [2.45, 2.75) is 32.4 Å². The Labute approximate surface area is 144 Å². The van der Waals surface area contributed by atoms with E-state index in [4.69, 9.17) is 19.0 Å². The van der Waals surface area contributed by atoms with Crippen LogP contribution in [0.2, 0.25) is 0 Å². The van der Waals surface area contributed by atoms with Crippen molar-refractivity contribution in [2.24, 2.45) is 0 Å². The Morgan fingerprint density at radius 1 is 1.28 bits per heavy atom. The van der Waals surface area contributed by atoms with Gasteiger partial charge >= 0.3 is 5.97 Å². The van der Waals surface area contributed by atoms with Crippen LogP contribution in [-0.4, -0.2) is 29.2 Å². The summed E-state index contributed by atoms with van der Waals surface area (Å²) < 4.78 is 16.5. The summed E-state index contributed by atoms with van der Waals surface area (Å²) in [5.41, 5.74) is 0.769. The van der Waals surface area contributed by atoms with Gasteiger partial charge in [-0.25, -0.2) is 4.79 Å². The lowest BCUT2D eigenvalue weighted by molar-refractivity contribution is -0.123. The number of benzene rings is 1. The molecular weight excluding hydrogens is 326 g/mol. The molecule has 0 bridgehead atoms. The zero-order chi connectivity index (χ0) is 18.0. The second-order valence-corrected chi connectivity index (χ2v) is 6.42. The van der Waals surface area contributed by atoms with Crippen molar-refractivity contribution >= 4 is 11.9 Å². The summed E-state index contributed by atoms with van der Waals surface area (Å²) in [5.74, 6) is -0.0942. The van der Waals surface area contributed by atoms with Gasteiger partial charge in [0.2, 0.25) is 5.76 Å². The number of carboxylic acids is 1. The van der Waals surface area contributed by atoms with E-state index in [1.807, 2.05) is 26.0 Å². The number of rotatable bonds is 6. The Kier molecular flexibility index (Phi) is 4.39. The molecule has 0 spiro atoms. The number of ether oxygens (including phenoxy) is 2. The fourth-order valence-electron chi connectivity index (χ4n) is 2.67. The SMILES string of the molecule is CC1(C)Cc2cccc(OCC(=O)NCc3ccc(C(=O)O)o3)c2O1. The number of amides is 1. The molecule has 25 heavy (non-hydrogen) atoms. The van der Waals surface area contributed by atoms with Gasteiger partial charge in [0.15, 0.2) is 18.1 Å². The summed E-state index contributed by atoms with van der Waals surface area (Å²) in [6.07, 6.45) is 0.788. The van der Waals surface area contributed by atoms with Crippen LogP contribution in [-0.2, 0) is 17.8 Å². The van der Waals surface area contributed by atoms with Gasteiger partial charge in [0, 0.05) is 12.0 Å². The van der Waals surface area contributed by atoms with E-state index in [2.05, 4.69) is 5.32 Å². The molecule has 1 aliphatic heterocycles. The highest BCUT2D eigenvalue weighted by molar-refractivity contribution is 5.84. The third-order valence-electron chi connectivity index (χ3n) is 3.75. The predicted octanol–water partition coefficient (Wildman–Crippen LogP) is 2.39. The molecule has 2 aromatic rings. The van der Waals surface area contributed by atoms with Crippen molar-refractivity contribution in [1.82, 2.24) is 5.32 Å². The van der Waals surface area contributed by atoms with Crippen molar-refractivity contribution in [3.63, 3.8) is 0 Å². The van der Waals surface area contributed by atoms with Gasteiger partial charge in [-0.2, -0.15) is 0 Å². The minimum absolute atomic E-state index is 0.0892. The number of carbonyl (C=O) groups is 2. The molecule has 0 atom stereocenters. The molecule has 132 valence electrons. The average molecular weight is 345 g/mol. The molecule has 0 aliphatic carbocycles. The number of hydrogen-bond acceptors (Lipinski definition) is 5. The molecule has 1 aliphatic rings. The van der Waals surface area contributed by atoms with Crippen molar-refractivity contribution in [3.8, 4) is 11.5 Å². The van der Waals surface area contributed by atoms with Gasteiger partial charge in [0.1, 0.15) is 11.4 Å². The Morgan fingerprint density at radius 3 is 2.80 bits per heavy atom. The van der Waals surface area contributed by atoms with Crippen molar-refractivity contribution in [2.75, 3.05) is 6.61 Å². The second-order valence-electron chi connectivity index (χ2n) is 6.42. The van der Waals surface area contributed by atoms with Crippen LogP contribution in [0.25, 0.3) is 0 Å². The van der Waals surface area contributed by atoms with Crippen LogP contribution < -0.4 is 14.8 Å². The minimum atomic E-state index is -1.15. The number of para-hydroxylation sites is 1. The second kappa shape index (κ2) is 6.51. The van der Waals surface area contributed by atoms with Crippen molar-refractivity contribution in [3.05, 3.63) is 47.4 Å². The van der Waals surface area contributed by atoms with E-state index in [0.29, 0.717) is 17.3 Å². The number of nitrogens with one attached hydrogen (secondary N) is 1. The minimum Gasteiger partial charge on any atom is -0.483 e. The van der Waals surface area contributed by atoms with Crippen LogP contribution in [0.5, 0.6) is 11.5 Å². The molecule has 1 aromatic carbocycles. The topological polar surface area (TPSA) is 98.0 Å². The summed E-state index contributed by atoms with van der Waals surface area (Å²) >= 11 is 0. The zero-order valence-electron chi connectivity index (χ0n) is 14.0. The van der Waals surface area contributed by atoms with Gasteiger partial charge in [-0.15, -0.1) is 0 Å². The van der Waals surface area contributed by atoms with Crippen molar-refractivity contribution < 1.29 is 28.6 Å². The molecule has 2 heterocycles. The summed E-state index contributed by atoms with van der Waals surface area (Å²) in [5, 5.41) is 11.4. The molecule has 7 nitrogen and oxygen atoms in total. The summed E-state index contributed by atoms with van der Waals surface area (Å²) in [6.45, 7) is 3.91. The maximum absolute atomic E-state index is 11.9. The summed E-state index contributed by atoms with van der Waals surface area (Å²) in [6, 6.07) is 8.46. The van der Waals surface area contributed by atoms with E-state index in [1.165, 1.54) is 12.1 Å². The van der Waals surface area contributed by atoms with Crippen LogP contribution in [0.3, 0.4) is 0 Å². The molecule has 3 rings (SSSR count). The van der Waals surface area contributed by atoms with Gasteiger partial charge in [0.25, 0.3) is 5.91 Å². The molecule has 0 fully saturated rings. The monoisotopic (exact) mass is 345 g/mol. The highest BCUT2D eigenvalue weighted by Gasteiger charge is 2.32. The van der Waals surface area contributed by atoms with Crippen LogP contribution in [0, 0.1) is 0 Å². The maximum atomic E-state index is 11.9. The molecule has 0 saturated carbocycles. The molecule has 0 saturated heterocycles. The predicted molar refractivity (Wildman–Crippen MR) is 87.9 cm³/mol. The van der Waals surface area contributed by atoms with E-state index < -0.39 is 5.97 Å². The smallest absolute Gasteiger partial charge is 0.371 e. The zero-order valence-corrected chi connectivity index (χ0v) is 14.0. The van der Waals surface area contributed by atoms with Gasteiger partial charge < -0.3 is 24.3 Å². The van der Waals surface area contributed by atoms with E-state index >= 15 is 0 Å². The number of hydrogen-bond donors (Lipinski definition) is 2. The van der Waals surface area contributed by atoms with Gasteiger partial charge in [-0.1, -0.05) is 12.1 Å². The van der Waals surface area contributed by atoms with Crippen LogP contribution in [0.4, 0.5) is 0 Å². The normalized spacial score (nSPS) is 14.5. The first-order valence-corrected chi connectivity index (χ1v) is 7.86. The van der Waals surface area contributed by atoms with Gasteiger partial charge in [-0.05, 0) is 32.0 Å². The lowest BCUT2D eigenvalue weighted by Gasteiger charge is -2.18. The lowest BCUT2D eigenvalue weighted by atomic mass is 10.0. The largest absolute Gasteiger partial charge is 0.483 e. The van der Waals surface area contributed by atoms with E-state index in [0.717, 1.165) is 12.0 Å². The van der Waals surface area contributed by atoms with Crippen LogP contribution in [0.1, 0.15) is 35.7 Å². The molecule has 7 heteroatoms. The quantitative estimate of drug-likeness (QED) is 0.834. The lowest BCUT2D eigenvalue weighted by Crippen LogP contribution is -2.28. The Morgan fingerprint density at radius 2 is 2.08 bits per heavy atom. The maximum Gasteiger partial charge on any atom is 0.371 e. The van der Waals surface area contributed by atoms with E-state index in [-0.39, 0.29) is 30.4 Å². The highest BCUT2D eigenvalue weighted by atomic mass is 16.5. The third-order valence-corrected chi connectivity index (χ3v) is 3.75. The summed E-state index contributed by atoms with van der Waals surface area (Å²) in [4.78, 5) is 22.7. The molecule has 1 amide bonds. The van der Waals surface area contributed by atoms with Crippen LogP contribution in [0.15, 0.2) is 34.7 Å². The summed E-state index contributed by atoms with van der Waals surface area (Å²) in [7, 11) is 0. The Balaban J connectivity index is 1.53. The molecule has 0 unspecified atom stereocenters. The number of carboxylic acid groups (broad SMARTS) is 1. The third kappa shape index (κ3) is 3.93. The number of fused-ring (bicyclic) bond motifs is 1. The Bertz CT molecular complexity index is 808. The highest BCUT2D eigenvalue weighted by Crippen LogP contribution is 2.41. The molecule has 0 radical (unpaired) electrons. The standard InChI is InChI=1S/C18H19NO6/c1-18(2)8-11-4-3-5-13(16(11)25-18)23-10-15(20)19-9-12-6-7-14(24-12)17(21)22/h3-7H,8-10H2,1-2H3,(H,19,20)(H,21,22). The fraction of sp³-hybridized carbons (Fsp3) is 0.333. The number of aromatic carboxylic acids is 1. The fourth-order valence-corrected chi connectivity index (χ4v) is 2.67. The van der Waals surface area contributed by atoms with E-state index in [9.17, 15) is 9.59 Å². The first kappa shape index (κ1) is 16.9. The first-order chi connectivity index (χ1) is 11.8. The van der Waals surface area contributed by atoms with Gasteiger partial charge in [0.05, 0.1) is 6.54 Å². The Hall–Kier alpha value is -2.96. The van der Waals surface area contributed by atoms with Crippen molar-refractivity contribution in [1.29, 1.82) is 0 Å². The first-order valence-electron chi connectivity index (χ1n) is 7.86. The van der Waals surface area contributed by atoms with Gasteiger partial charge in [-0.3, -0.25) is 4.79 Å². The average Bonchev–Trinajstić information content (AvgIpc) is 3.13. The molecule has 1 aromatic heterocycles. The number of furan rings is 1. The number of carbonyl (C=O) groups excluding carboxylic acids is 1. The van der Waals surface area contributed by atoms with Crippen LogP contribution >= 0.6 is 0 Å².